The highest BCUT2D eigenvalue weighted by Crippen LogP contribution is 2.50. The van der Waals surface area contributed by atoms with E-state index in [1.54, 1.807) is 13.8 Å². The number of nitrogen functional groups attached to an aromatic ring is 1. The van der Waals surface area contributed by atoms with Gasteiger partial charge in [0.2, 0.25) is 5.95 Å². The number of hydrogen-bond acceptors (Lipinski definition) is 12. The van der Waals surface area contributed by atoms with E-state index in [2.05, 4.69) is 15.0 Å². The van der Waals surface area contributed by atoms with Gasteiger partial charge in [-0.15, -0.1) is 0 Å². The first-order chi connectivity index (χ1) is 15.4. The zero-order valence-corrected chi connectivity index (χ0v) is 19.4. The average molecular weight is 487 g/mol. The van der Waals surface area contributed by atoms with Gasteiger partial charge in [-0.05, 0) is 20.8 Å². The molecule has 3 rings (SSSR count). The highest BCUT2D eigenvalue weighted by molar-refractivity contribution is 7.53. The maximum atomic E-state index is 13.4. The Morgan fingerprint density at radius 3 is 2.55 bits per heavy atom. The van der Waals surface area contributed by atoms with Gasteiger partial charge in [-0.3, -0.25) is 23.9 Å². The highest BCUT2D eigenvalue weighted by Gasteiger charge is 2.61. The predicted molar refractivity (Wildman–Crippen MR) is 113 cm³/mol. The van der Waals surface area contributed by atoms with Crippen LogP contribution >= 0.6 is 7.60 Å². The topological polar surface area (TPSA) is 198 Å². The first kappa shape index (κ1) is 25.0. The third-order valence-corrected chi connectivity index (χ3v) is 6.81. The molecule has 4 N–H and O–H groups in total. The van der Waals surface area contributed by atoms with Gasteiger partial charge in [-0.2, -0.15) is 4.98 Å². The Morgan fingerprint density at radius 2 is 1.97 bits per heavy atom. The third kappa shape index (κ3) is 4.70. The summed E-state index contributed by atoms with van der Waals surface area (Å²) in [4.78, 5) is 47.5. The molecule has 1 aliphatic rings. The molecule has 2 aromatic rings. The van der Waals surface area contributed by atoms with E-state index in [4.69, 9.17) is 24.3 Å². The van der Waals surface area contributed by atoms with Crippen LogP contribution < -0.4 is 11.3 Å². The number of aromatic amines is 1. The number of aliphatic hydroxyl groups is 1. The molecular formula is C18H26N5O9P. The molecule has 1 fully saturated rings. The summed E-state index contributed by atoms with van der Waals surface area (Å²) in [6, 6.07) is -1.43. The number of nitrogens with one attached hydrogen (secondary N) is 1. The smallest absolute Gasteiger partial charge is 0.356 e. The number of nitrogens with two attached hydrogens (primary N) is 1. The monoisotopic (exact) mass is 487 g/mol. The van der Waals surface area contributed by atoms with Crippen LogP contribution in [0.5, 0.6) is 0 Å². The van der Waals surface area contributed by atoms with Crippen molar-refractivity contribution < 1.29 is 37.8 Å². The summed E-state index contributed by atoms with van der Waals surface area (Å²) in [5, 5.41) is 11.3. The largest absolute Gasteiger partial charge is 0.456 e. The number of hydrogen-bond donors (Lipinski definition) is 3. The molecule has 1 aliphatic carbocycles. The fraction of sp³-hybridized carbons (Fsp3) is 0.611. The number of Topliss-reactive ketones (excluding diaryl/α,β-unsaturated/α-hetero) is 1. The second-order valence-electron chi connectivity index (χ2n) is 7.50. The Morgan fingerprint density at radius 1 is 1.33 bits per heavy atom. The molecule has 0 saturated heterocycles. The first-order valence-electron chi connectivity index (χ1n) is 10.1. The Balaban J connectivity index is 2.03. The van der Waals surface area contributed by atoms with Gasteiger partial charge in [0.1, 0.15) is 18.0 Å². The van der Waals surface area contributed by atoms with Gasteiger partial charge in [-0.25, -0.2) is 4.98 Å². The molecule has 14 nitrogen and oxygen atoms in total. The van der Waals surface area contributed by atoms with Gasteiger partial charge in [0.05, 0.1) is 19.5 Å². The second-order valence-corrected chi connectivity index (χ2v) is 9.50. The molecule has 1 saturated carbocycles. The summed E-state index contributed by atoms with van der Waals surface area (Å²) in [6.07, 6.45) is -2.50. The zero-order chi connectivity index (χ0) is 24.6. The van der Waals surface area contributed by atoms with E-state index in [9.17, 15) is 24.1 Å². The molecule has 0 aromatic carbocycles. The van der Waals surface area contributed by atoms with Crippen molar-refractivity contribution in [3.63, 3.8) is 0 Å². The van der Waals surface area contributed by atoms with Crippen LogP contribution in [0.4, 0.5) is 5.95 Å². The van der Waals surface area contributed by atoms with Gasteiger partial charge in [0, 0.05) is 6.92 Å². The minimum absolute atomic E-state index is 0.0635. The Labute approximate surface area is 187 Å². The lowest BCUT2D eigenvalue weighted by atomic mass is 9.97. The van der Waals surface area contributed by atoms with E-state index >= 15 is 0 Å². The van der Waals surface area contributed by atoms with E-state index in [-0.39, 0.29) is 30.3 Å². The van der Waals surface area contributed by atoms with Crippen molar-refractivity contribution >= 4 is 36.5 Å². The first-order valence-corrected chi connectivity index (χ1v) is 11.8. The number of aromatic nitrogens is 4. The number of carbonyl (C=O) groups is 2. The van der Waals surface area contributed by atoms with E-state index < -0.39 is 55.1 Å². The summed E-state index contributed by atoms with van der Waals surface area (Å²) in [6.45, 7) is 5.72. The van der Waals surface area contributed by atoms with Crippen LogP contribution in [0.15, 0.2) is 11.1 Å². The zero-order valence-electron chi connectivity index (χ0n) is 18.5. The molecule has 15 heteroatoms. The third-order valence-electron chi connectivity index (χ3n) is 5.04. The van der Waals surface area contributed by atoms with Crippen molar-refractivity contribution in [2.24, 2.45) is 0 Å². The van der Waals surface area contributed by atoms with Gasteiger partial charge < -0.3 is 33.9 Å². The van der Waals surface area contributed by atoms with Crippen LogP contribution in [-0.2, 0) is 32.7 Å². The lowest BCUT2D eigenvalue weighted by Crippen LogP contribution is -2.46. The van der Waals surface area contributed by atoms with Crippen LogP contribution in [0.3, 0.4) is 0 Å². The number of esters is 1. The molecule has 0 amide bonds. The summed E-state index contributed by atoms with van der Waals surface area (Å²) in [5.74, 6) is -1.74. The minimum Gasteiger partial charge on any atom is -0.456 e. The molecular weight excluding hydrogens is 461 g/mol. The van der Waals surface area contributed by atoms with Gasteiger partial charge >= 0.3 is 13.6 Å². The molecule has 0 bridgehead atoms. The SMILES string of the molecule is CCOP(=O)(CO[C@H]1C(=O)[C@@H](n2cnc3c(=O)[nH]c(N)nc32)[C@](C)(O)[C@H]1OC(C)=O)OCC. The number of ether oxygens (including phenoxy) is 2. The van der Waals surface area contributed by atoms with Crippen molar-refractivity contribution in [2.75, 3.05) is 25.3 Å². The molecule has 0 radical (unpaired) electrons. The summed E-state index contributed by atoms with van der Waals surface area (Å²) >= 11 is 0. The Bertz CT molecular complexity index is 1150. The number of fused-ring (bicyclic) bond motifs is 1. The minimum atomic E-state index is -3.72. The fourth-order valence-corrected chi connectivity index (χ4v) is 5.17. The molecule has 2 heterocycles. The van der Waals surface area contributed by atoms with Crippen LogP contribution in [0.25, 0.3) is 11.2 Å². The number of H-pyrrole nitrogens is 1. The summed E-state index contributed by atoms with van der Waals surface area (Å²) in [5.41, 5.74) is 2.78. The number of rotatable bonds is 9. The van der Waals surface area contributed by atoms with E-state index in [1.165, 1.54) is 6.92 Å². The number of anilines is 1. The molecule has 2 aromatic heterocycles. The van der Waals surface area contributed by atoms with Crippen LogP contribution in [0.1, 0.15) is 33.7 Å². The number of nitrogens with zero attached hydrogens (tertiary/aromatic N) is 3. The lowest BCUT2D eigenvalue weighted by molar-refractivity contribution is -0.170. The van der Waals surface area contributed by atoms with Crippen LogP contribution in [0, 0.1) is 0 Å². The Kier molecular flexibility index (Phi) is 7.05. The van der Waals surface area contributed by atoms with Gasteiger partial charge in [0.15, 0.2) is 29.2 Å². The van der Waals surface area contributed by atoms with Gasteiger partial charge in [-0.1, -0.05) is 0 Å². The number of imidazole rings is 1. The van der Waals surface area contributed by atoms with Crippen LogP contribution in [0.2, 0.25) is 0 Å². The number of carbonyl (C=O) groups excluding carboxylic acids is 2. The summed E-state index contributed by atoms with van der Waals surface area (Å²) in [7, 11) is -3.72. The average Bonchev–Trinajstić information content (AvgIpc) is 3.17. The highest BCUT2D eigenvalue weighted by atomic mass is 31.2. The van der Waals surface area contributed by atoms with Crippen molar-refractivity contribution in [3.8, 4) is 0 Å². The normalized spacial score (nSPS) is 25.6. The standard InChI is InChI=1S/C18H26N5O9P/c1-5-30-33(28,31-6-2)8-29-12-11(25)13(18(4,27)14(12)32-9(3)24)23-7-20-10-15(23)21-17(19)22-16(10)26/h7,12-14,27H,5-6,8H2,1-4H3,(H3,19,21,22,26)/t12-,13+,14-,18-/m0/s1. The number of ketones is 1. The van der Waals surface area contributed by atoms with E-state index in [0.717, 1.165) is 17.8 Å². The molecule has 33 heavy (non-hydrogen) atoms. The van der Waals surface area contributed by atoms with Crippen LogP contribution in [-0.4, -0.2) is 73.7 Å². The second kappa shape index (κ2) is 9.31. The maximum absolute atomic E-state index is 13.4. The van der Waals surface area contributed by atoms with E-state index in [1.807, 2.05) is 0 Å². The molecule has 0 aliphatic heterocycles. The van der Waals surface area contributed by atoms with Crippen molar-refractivity contribution in [1.82, 2.24) is 19.5 Å². The van der Waals surface area contributed by atoms with Crippen molar-refractivity contribution in [2.45, 2.75) is 51.5 Å². The predicted octanol–water partition coefficient (Wildman–Crippen LogP) is 0.117. The lowest BCUT2D eigenvalue weighted by Gasteiger charge is -2.31. The molecule has 182 valence electrons. The van der Waals surface area contributed by atoms with Crippen molar-refractivity contribution in [3.05, 3.63) is 16.7 Å². The maximum Gasteiger partial charge on any atom is 0.356 e. The fourth-order valence-electron chi connectivity index (χ4n) is 3.81. The molecule has 0 unspecified atom stereocenters. The molecule has 4 atom stereocenters. The van der Waals surface area contributed by atoms with Crippen molar-refractivity contribution in [1.29, 1.82) is 0 Å². The molecule has 0 spiro atoms. The quantitative estimate of drug-likeness (QED) is 0.319. The van der Waals surface area contributed by atoms with E-state index in [0.29, 0.717) is 0 Å². The Hall–Kier alpha value is -2.64. The summed E-state index contributed by atoms with van der Waals surface area (Å²) < 4.78 is 35.1. The van der Waals surface area contributed by atoms with Gasteiger partial charge in [0.25, 0.3) is 5.56 Å².